The molecule has 0 saturated carbocycles. The van der Waals surface area contributed by atoms with Gasteiger partial charge in [-0.2, -0.15) is 4.31 Å². The van der Waals surface area contributed by atoms with E-state index in [1.807, 2.05) is 37.4 Å². The van der Waals surface area contributed by atoms with Crippen LogP contribution in [0.5, 0.6) is 0 Å². The van der Waals surface area contributed by atoms with Gasteiger partial charge in [0.25, 0.3) is 0 Å². The second kappa shape index (κ2) is 9.43. The lowest BCUT2D eigenvalue weighted by Gasteiger charge is -2.22. The van der Waals surface area contributed by atoms with Crippen LogP contribution in [-0.4, -0.2) is 47.7 Å². The van der Waals surface area contributed by atoms with E-state index in [2.05, 4.69) is 15.5 Å². The number of aryl methyl sites for hydroxylation is 1. The van der Waals surface area contributed by atoms with Gasteiger partial charge in [0.1, 0.15) is 6.04 Å². The lowest BCUT2D eigenvalue weighted by molar-refractivity contribution is -0.119. The van der Waals surface area contributed by atoms with Gasteiger partial charge in [0, 0.05) is 11.4 Å². The van der Waals surface area contributed by atoms with Crippen molar-refractivity contribution in [3.05, 3.63) is 65.5 Å². The predicted molar refractivity (Wildman–Crippen MR) is 122 cm³/mol. The number of sulfonamides is 1. The number of thioether (sulfide) groups is 1. The molecule has 8 nitrogen and oxygen atoms in total. The topological polar surface area (TPSA) is 105 Å². The Morgan fingerprint density at radius 2 is 1.88 bits per heavy atom. The number of carbonyl (C=O) groups is 1. The van der Waals surface area contributed by atoms with E-state index in [4.69, 9.17) is 4.42 Å². The first-order valence-corrected chi connectivity index (χ1v) is 12.9. The molecule has 32 heavy (non-hydrogen) atoms. The van der Waals surface area contributed by atoms with Crippen LogP contribution in [0.2, 0.25) is 0 Å². The molecule has 3 aromatic rings. The Morgan fingerprint density at radius 1 is 1.16 bits per heavy atom. The molecule has 1 N–H and O–H groups in total. The minimum atomic E-state index is -3.78. The van der Waals surface area contributed by atoms with E-state index in [9.17, 15) is 13.2 Å². The van der Waals surface area contributed by atoms with Crippen molar-refractivity contribution in [3.63, 3.8) is 0 Å². The number of carbonyl (C=O) groups excluding carboxylic acids is 1. The van der Waals surface area contributed by atoms with Gasteiger partial charge < -0.3 is 4.42 Å². The summed E-state index contributed by atoms with van der Waals surface area (Å²) in [5, 5.41) is 10.5. The highest BCUT2D eigenvalue weighted by Crippen LogP contribution is 2.27. The molecule has 2 aromatic carbocycles. The van der Waals surface area contributed by atoms with Crippen molar-refractivity contribution in [2.75, 3.05) is 18.1 Å². The molecule has 0 radical (unpaired) electrons. The van der Waals surface area contributed by atoms with Gasteiger partial charge in [-0.15, -0.1) is 16.9 Å². The molecule has 1 aliphatic rings. The van der Waals surface area contributed by atoms with E-state index in [1.165, 1.54) is 4.31 Å². The van der Waals surface area contributed by atoms with Gasteiger partial charge in [-0.1, -0.05) is 34.9 Å². The third-order valence-corrected chi connectivity index (χ3v) is 8.01. The van der Waals surface area contributed by atoms with E-state index in [0.717, 1.165) is 16.0 Å². The number of nitrogens with zero attached hydrogens (tertiary/aromatic N) is 3. The Morgan fingerprint density at radius 3 is 2.56 bits per heavy atom. The maximum absolute atomic E-state index is 13.1. The van der Waals surface area contributed by atoms with Crippen molar-refractivity contribution in [1.82, 2.24) is 14.5 Å². The van der Waals surface area contributed by atoms with E-state index in [0.29, 0.717) is 25.2 Å². The molecule has 0 bridgehead atoms. The van der Waals surface area contributed by atoms with Crippen molar-refractivity contribution < 1.29 is 17.6 Å². The smallest absolute Gasteiger partial charge is 0.322 e. The van der Waals surface area contributed by atoms with E-state index in [1.54, 1.807) is 36.0 Å². The van der Waals surface area contributed by atoms with Crippen LogP contribution in [0.25, 0.3) is 0 Å². The number of hydrogen-bond donors (Lipinski definition) is 1. The van der Waals surface area contributed by atoms with E-state index in [-0.39, 0.29) is 17.5 Å². The highest BCUT2D eigenvalue weighted by atomic mass is 32.2. The summed E-state index contributed by atoms with van der Waals surface area (Å²) in [7, 11) is -3.78. The van der Waals surface area contributed by atoms with Crippen LogP contribution in [0.1, 0.15) is 29.9 Å². The Hall–Kier alpha value is -2.69. The molecule has 1 atom stereocenters. The highest BCUT2D eigenvalue weighted by Gasteiger charge is 2.39. The first-order chi connectivity index (χ1) is 15.4. The molecule has 0 spiro atoms. The number of amides is 1. The van der Waals surface area contributed by atoms with Gasteiger partial charge in [-0.05, 0) is 55.9 Å². The zero-order valence-electron chi connectivity index (χ0n) is 17.8. The quantitative estimate of drug-likeness (QED) is 0.525. The van der Waals surface area contributed by atoms with Crippen LogP contribution in [0.15, 0.2) is 62.7 Å². The number of aromatic nitrogens is 2. The van der Waals surface area contributed by atoms with Crippen LogP contribution >= 0.6 is 11.8 Å². The molecule has 1 saturated heterocycles. The Balaban J connectivity index is 1.43. The van der Waals surface area contributed by atoms with E-state index < -0.39 is 22.0 Å². The zero-order chi connectivity index (χ0) is 22.7. The molecule has 10 heteroatoms. The third kappa shape index (κ3) is 4.87. The van der Waals surface area contributed by atoms with Crippen molar-refractivity contribution in [2.24, 2.45) is 0 Å². The average molecular weight is 473 g/mol. The van der Waals surface area contributed by atoms with Gasteiger partial charge in [0.15, 0.2) is 0 Å². The summed E-state index contributed by atoms with van der Waals surface area (Å²) >= 11 is 1.66. The Kier molecular flexibility index (Phi) is 6.63. The first-order valence-electron chi connectivity index (χ1n) is 10.2. The predicted octanol–water partition coefficient (Wildman–Crippen LogP) is 3.48. The average Bonchev–Trinajstić information content (AvgIpc) is 3.45. The van der Waals surface area contributed by atoms with Gasteiger partial charge >= 0.3 is 6.01 Å². The first kappa shape index (κ1) is 22.5. The summed E-state index contributed by atoms with van der Waals surface area (Å²) in [6.45, 7) is 2.18. The van der Waals surface area contributed by atoms with Crippen LogP contribution in [0.3, 0.4) is 0 Å². The van der Waals surface area contributed by atoms with Gasteiger partial charge in [0.05, 0.1) is 11.3 Å². The normalized spacial score (nSPS) is 16.9. The lowest BCUT2D eigenvalue weighted by atomic mass is 10.1. The molecule has 1 fully saturated rings. The minimum Gasteiger partial charge on any atom is -0.407 e. The maximum atomic E-state index is 13.1. The summed E-state index contributed by atoms with van der Waals surface area (Å²) in [6, 6.07) is 13.8. The largest absolute Gasteiger partial charge is 0.407 e. The molecular weight excluding hydrogens is 448 g/mol. The molecule has 168 valence electrons. The SMILES string of the molecule is CSc1ccc(Cc2nnc(NC(=O)C3CCCN3S(=O)(=O)c3ccc(C)cc3)o2)cc1. The summed E-state index contributed by atoms with van der Waals surface area (Å²) in [6.07, 6.45) is 3.48. The second-order valence-electron chi connectivity index (χ2n) is 7.60. The number of benzene rings is 2. The number of anilines is 1. The summed E-state index contributed by atoms with van der Waals surface area (Å²) in [4.78, 5) is 14.2. The molecule has 1 unspecified atom stereocenters. The van der Waals surface area contributed by atoms with Crippen LogP contribution in [0, 0.1) is 6.92 Å². The Bertz CT molecular complexity index is 1190. The number of nitrogens with one attached hydrogen (secondary N) is 1. The standard InChI is InChI=1S/C22H24N4O4S2/c1-15-5-11-18(12-6-15)32(28,29)26-13-3-4-19(26)21(27)23-22-25-24-20(30-22)14-16-7-9-17(31-2)10-8-16/h5-12,19H,3-4,13-14H2,1-2H3,(H,23,25,27). The van der Waals surface area contributed by atoms with Gasteiger partial charge in [-0.25, -0.2) is 8.42 Å². The molecule has 0 aliphatic carbocycles. The molecule has 1 aromatic heterocycles. The fourth-order valence-corrected chi connectivity index (χ4v) is 5.68. The maximum Gasteiger partial charge on any atom is 0.322 e. The van der Waals surface area contributed by atoms with Crippen LogP contribution < -0.4 is 5.32 Å². The number of rotatable bonds is 7. The fraction of sp³-hybridized carbons (Fsp3) is 0.318. The second-order valence-corrected chi connectivity index (χ2v) is 10.4. The summed E-state index contributed by atoms with van der Waals surface area (Å²) in [5.74, 6) is -0.106. The highest BCUT2D eigenvalue weighted by molar-refractivity contribution is 7.98. The van der Waals surface area contributed by atoms with Gasteiger partial charge in [-0.3, -0.25) is 10.1 Å². The monoisotopic (exact) mass is 472 g/mol. The van der Waals surface area contributed by atoms with Crippen molar-refractivity contribution in [2.45, 2.75) is 42.0 Å². The summed E-state index contributed by atoms with van der Waals surface area (Å²) in [5.41, 5.74) is 1.97. The third-order valence-electron chi connectivity index (χ3n) is 5.35. The minimum absolute atomic E-state index is 0.0367. The van der Waals surface area contributed by atoms with Crippen molar-refractivity contribution in [1.29, 1.82) is 0 Å². The van der Waals surface area contributed by atoms with E-state index >= 15 is 0 Å². The summed E-state index contributed by atoms with van der Waals surface area (Å²) < 4.78 is 32.9. The van der Waals surface area contributed by atoms with Crippen molar-refractivity contribution in [3.8, 4) is 0 Å². The molecular formula is C22H24N4O4S2. The van der Waals surface area contributed by atoms with Crippen molar-refractivity contribution >= 4 is 33.7 Å². The Labute approximate surface area is 191 Å². The number of hydrogen-bond acceptors (Lipinski definition) is 7. The lowest BCUT2D eigenvalue weighted by Crippen LogP contribution is -2.43. The van der Waals surface area contributed by atoms with Crippen LogP contribution in [-0.2, 0) is 21.2 Å². The molecule has 4 rings (SSSR count). The van der Waals surface area contributed by atoms with Gasteiger partial charge in [0.2, 0.25) is 21.8 Å². The molecule has 2 heterocycles. The zero-order valence-corrected chi connectivity index (χ0v) is 19.4. The fourth-order valence-electron chi connectivity index (χ4n) is 3.62. The molecule has 1 aliphatic heterocycles. The molecule has 1 amide bonds. The van der Waals surface area contributed by atoms with Crippen LogP contribution in [0.4, 0.5) is 6.01 Å².